The third kappa shape index (κ3) is 6.53. The van der Waals surface area contributed by atoms with Gasteiger partial charge in [0.15, 0.2) is 17.2 Å². The fourth-order valence-electron chi connectivity index (χ4n) is 5.41. The highest BCUT2D eigenvalue weighted by Gasteiger charge is 2.40. The van der Waals surface area contributed by atoms with Crippen LogP contribution in [0.4, 0.5) is 5.69 Å². The number of hydrogen-bond donors (Lipinski definition) is 5. The number of hydrogen-bond acceptors (Lipinski definition) is 12. The van der Waals surface area contributed by atoms with Crippen LogP contribution in [0.3, 0.4) is 0 Å². The van der Waals surface area contributed by atoms with Crippen LogP contribution in [0, 0.1) is 0 Å². The van der Waals surface area contributed by atoms with Crippen molar-refractivity contribution in [3.05, 3.63) is 41.2 Å². The number of halogens is 1. The van der Waals surface area contributed by atoms with E-state index in [2.05, 4.69) is 18.8 Å². The Bertz CT molecular complexity index is 1960. The quantitative estimate of drug-likeness (QED) is 0.0747. The maximum atomic E-state index is 14.1. The lowest BCUT2D eigenvalue weighted by Gasteiger charge is -2.20. The standard InChI is InChI=1S/C27H31ClN4O13P2/c1-39-20-8-13-7-16(30-22(13)25(41-3)24(20)40-2)26(33)32-12-14(11-28)21-15-9-17(27(34)42-4)31-23(15)19(10-18(21)32)44-47(37,38)45-46(35,36)43-6-5-29/h7-10,14,30-31H,5-6,11-12,29H2,1-4H3,(H,35,36)(H,37,38)/t14-/m1/s1. The predicted molar refractivity (Wildman–Crippen MR) is 169 cm³/mol. The molecule has 0 spiro atoms. The van der Waals surface area contributed by atoms with E-state index in [9.17, 15) is 28.5 Å². The number of H-pyrrole nitrogens is 2. The zero-order valence-electron chi connectivity index (χ0n) is 25.4. The Balaban J connectivity index is 1.64. The van der Waals surface area contributed by atoms with Crippen LogP contribution in [0.5, 0.6) is 23.0 Å². The van der Waals surface area contributed by atoms with Crippen molar-refractivity contribution in [3.8, 4) is 23.0 Å². The molecule has 0 bridgehead atoms. The summed E-state index contributed by atoms with van der Waals surface area (Å²) in [5.41, 5.74) is 6.55. The van der Waals surface area contributed by atoms with E-state index in [-0.39, 0.29) is 41.6 Å². The first-order valence-corrected chi connectivity index (χ1v) is 17.2. The molecule has 1 aliphatic heterocycles. The zero-order valence-corrected chi connectivity index (χ0v) is 27.9. The van der Waals surface area contributed by atoms with Crippen LogP contribution in [-0.2, 0) is 22.7 Å². The van der Waals surface area contributed by atoms with Gasteiger partial charge in [0.05, 0.1) is 51.8 Å². The Morgan fingerprint density at radius 2 is 1.66 bits per heavy atom. The van der Waals surface area contributed by atoms with E-state index in [0.29, 0.717) is 39.1 Å². The highest BCUT2D eigenvalue weighted by Crippen LogP contribution is 2.61. The zero-order chi connectivity index (χ0) is 34.3. The largest absolute Gasteiger partial charge is 0.536 e. The second-order valence-corrected chi connectivity index (χ2v) is 13.3. The summed E-state index contributed by atoms with van der Waals surface area (Å²) in [5, 5.41) is 0.880. The van der Waals surface area contributed by atoms with Crippen LogP contribution >= 0.6 is 27.2 Å². The molecule has 3 heterocycles. The van der Waals surface area contributed by atoms with Crippen molar-refractivity contribution >= 4 is 66.6 Å². The number of ether oxygens (including phenoxy) is 4. The molecule has 1 aliphatic rings. The Kier molecular flexibility index (Phi) is 9.83. The number of aromatic amines is 2. The van der Waals surface area contributed by atoms with Gasteiger partial charge in [-0.15, -0.1) is 11.6 Å². The van der Waals surface area contributed by atoms with Gasteiger partial charge < -0.3 is 49.0 Å². The van der Waals surface area contributed by atoms with Gasteiger partial charge in [-0.05, 0) is 23.8 Å². The van der Waals surface area contributed by atoms with Gasteiger partial charge in [-0.25, -0.2) is 13.9 Å². The molecular weight excluding hydrogens is 686 g/mol. The number of carbonyl (C=O) groups excluding carboxylic acids is 2. The van der Waals surface area contributed by atoms with E-state index < -0.39 is 45.8 Å². The normalized spacial score (nSPS) is 16.9. The third-order valence-corrected chi connectivity index (χ3v) is 10.2. The van der Waals surface area contributed by atoms with Crippen molar-refractivity contribution < 1.29 is 60.8 Å². The number of nitrogens with one attached hydrogen (secondary N) is 2. The van der Waals surface area contributed by atoms with Gasteiger partial charge >= 0.3 is 21.6 Å². The molecule has 2 aromatic carbocycles. The summed E-state index contributed by atoms with van der Waals surface area (Å²) in [6.07, 6.45) is 0. The van der Waals surface area contributed by atoms with Crippen LogP contribution in [0.2, 0.25) is 0 Å². The smallest absolute Gasteiger partial charge is 0.493 e. The molecule has 2 aromatic heterocycles. The molecule has 0 fully saturated rings. The molecule has 20 heteroatoms. The number of amides is 1. The first-order valence-electron chi connectivity index (χ1n) is 13.7. The number of rotatable bonds is 13. The molecule has 0 aliphatic carbocycles. The number of nitrogens with zero attached hydrogens (tertiary/aromatic N) is 1. The summed E-state index contributed by atoms with van der Waals surface area (Å²) in [5.74, 6) is -1.13. The van der Waals surface area contributed by atoms with Crippen molar-refractivity contribution in [3.63, 3.8) is 0 Å². The number of phosphoric acid groups is 2. The van der Waals surface area contributed by atoms with E-state index in [1.54, 1.807) is 12.1 Å². The van der Waals surface area contributed by atoms with Crippen LogP contribution < -0.4 is 29.4 Å². The molecule has 0 saturated carbocycles. The lowest BCUT2D eigenvalue weighted by Crippen LogP contribution is -2.30. The number of fused-ring (bicyclic) bond motifs is 4. The SMILES string of the molecule is COC(=O)c1cc2c3c(cc(OP(=O)(O)OP(=O)(O)OCCN)c2[nH]1)N(C(=O)c1cc2cc(OC)c(OC)c(OC)c2[nH]1)C[C@H]3CCl. The van der Waals surface area contributed by atoms with Gasteiger partial charge in [0.2, 0.25) is 5.75 Å². The molecule has 5 rings (SSSR count). The number of benzene rings is 2. The van der Waals surface area contributed by atoms with E-state index >= 15 is 0 Å². The first kappa shape index (κ1) is 34.5. The van der Waals surface area contributed by atoms with Crippen LogP contribution in [0.25, 0.3) is 21.8 Å². The molecular formula is C27H31ClN4O13P2. The van der Waals surface area contributed by atoms with Crippen molar-refractivity contribution in [2.24, 2.45) is 5.73 Å². The minimum atomic E-state index is -5.38. The molecule has 2 unspecified atom stereocenters. The Hall–Kier alpha value is -3.79. The molecule has 254 valence electrons. The highest BCUT2D eigenvalue weighted by atomic mass is 35.5. The van der Waals surface area contributed by atoms with Crippen LogP contribution in [0.1, 0.15) is 32.5 Å². The van der Waals surface area contributed by atoms with Crippen molar-refractivity contribution in [2.75, 3.05) is 58.9 Å². The van der Waals surface area contributed by atoms with Gasteiger partial charge in [0.1, 0.15) is 11.4 Å². The second-order valence-electron chi connectivity index (χ2n) is 10.1. The monoisotopic (exact) mass is 716 g/mol. The summed E-state index contributed by atoms with van der Waals surface area (Å²) in [7, 11) is -4.96. The molecule has 0 radical (unpaired) electrons. The summed E-state index contributed by atoms with van der Waals surface area (Å²) < 4.78 is 60.6. The first-order chi connectivity index (χ1) is 22.3. The maximum absolute atomic E-state index is 14.1. The van der Waals surface area contributed by atoms with E-state index in [4.69, 9.17) is 40.8 Å². The van der Waals surface area contributed by atoms with Crippen LogP contribution in [0.15, 0.2) is 24.3 Å². The van der Waals surface area contributed by atoms with Crippen molar-refractivity contribution in [2.45, 2.75) is 5.92 Å². The molecule has 1 amide bonds. The fraction of sp³-hybridized carbons (Fsp3) is 0.333. The average molecular weight is 717 g/mol. The molecule has 0 saturated heterocycles. The number of methoxy groups -OCH3 is 4. The van der Waals surface area contributed by atoms with Gasteiger partial charge in [0, 0.05) is 41.7 Å². The molecule has 17 nitrogen and oxygen atoms in total. The summed E-state index contributed by atoms with van der Waals surface area (Å²) in [6, 6.07) is 5.93. The van der Waals surface area contributed by atoms with Crippen molar-refractivity contribution in [1.29, 1.82) is 0 Å². The third-order valence-electron chi connectivity index (χ3n) is 7.28. The topological polar surface area (TPSA) is 234 Å². The van der Waals surface area contributed by atoms with Gasteiger partial charge in [-0.2, -0.15) is 4.31 Å². The van der Waals surface area contributed by atoms with Gasteiger partial charge in [-0.1, -0.05) is 0 Å². The minimum absolute atomic E-state index is 0.0247. The Morgan fingerprint density at radius 1 is 0.957 bits per heavy atom. The number of esters is 1. The lowest BCUT2D eigenvalue weighted by atomic mass is 9.98. The highest BCUT2D eigenvalue weighted by molar-refractivity contribution is 7.61. The van der Waals surface area contributed by atoms with E-state index in [1.807, 2.05) is 0 Å². The fourth-order valence-corrected chi connectivity index (χ4v) is 7.76. The van der Waals surface area contributed by atoms with E-state index in [0.717, 1.165) is 7.11 Å². The van der Waals surface area contributed by atoms with Gasteiger partial charge in [0.25, 0.3) is 5.91 Å². The minimum Gasteiger partial charge on any atom is -0.493 e. The predicted octanol–water partition coefficient (Wildman–Crippen LogP) is 4.02. The molecule has 47 heavy (non-hydrogen) atoms. The number of phosphoric ester groups is 2. The number of alkyl halides is 1. The molecule has 4 aromatic rings. The average Bonchev–Trinajstić information content (AvgIpc) is 3.76. The summed E-state index contributed by atoms with van der Waals surface area (Å²) in [4.78, 5) is 54.2. The summed E-state index contributed by atoms with van der Waals surface area (Å²) >= 11 is 6.37. The molecule has 6 N–H and O–H groups in total. The van der Waals surface area contributed by atoms with E-state index in [1.165, 1.54) is 38.4 Å². The maximum Gasteiger partial charge on any atom is 0.536 e. The second kappa shape index (κ2) is 13.4. The number of carbonyl (C=O) groups is 2. The summed E-state index contributed by atoms with van der Waals surface area (Å²) in [6.45, 7) is -0.559. The number of aromatic nitrogens is 2. The van der Waals surface area contributed by atoms with Gasteiger partial charge in [-0.3, -0.25) is 14.2 Å². The molecule has 3 atom stereocenters. The number of anilines is 1. The lowest BCUT2D eigenvalue weighted by molar-refractivity contribution is 0.0595. The Morgan fingerprint density at radius 3 is 2.28 bits per heavy atom. The van der Waals surface area contributed by atoms with Crippen LogP contribution in [-0.4, -0.2) is 85.6 Å². The number of nitrogens with two attached hydrogens (primary N) is 1. The van der Waals surface area contributed by atoms with Crippen molar-refractivity contribution in [1.82, 2.24) is 9.97 Å². The Labute approximate surface area is 271 Å².